The van der Waals surface area contributed by atoms with Crippen molar-refractivity contribution in [3.8, 4) is 0 Å². The smallest absolute Gasteiger partial charge is 0.220 e. The number of amides is 1. The van der Waals surface area contributed by atoms with Crippen LogP contribution in [-0.2, 0) is 4.79 Å². The number of unbranched alkanes of at least 4 members (excludes halogenated alkanes) is 14. The van der Waals surface area contributed by atoms with Gasteiger partial charge in [-0.3, -0.25) is 4.79 Å². The lowest BCUT2D eigenvalue weighted by molar-refractivity contribution is -0.121. The summed E-state index contributed by atoms with van der Waals surface area (Å²) < 4.78 is 0. The van der Waals surface area contributed by atoms with Crippen LogP contribution in [0.5, 0.6) is 0 Å². The molecular formula is C21H43NO3. The first-order valence-corrected chi connectivity index (χ1v) is 10.8. The Morgan fingerprint density at radius 3 is 1.56 bits per heavy atom. The molecule has 0 aliphatic carbocycles. The van der Waals surface area contributed by atoms with E-state index in [4.69, 9.17) is 10.2 Å². The standard InChI is InChI=1S/C21H43NO3/c1-2-3-4-5-6-7-8-9-10-11-12-13-14-15-16-17-21(25)22-18-20(24)19-23/h20,23-24H,2-19H2,1H3,(H,22,25)/t20-/m1/s1. The number of aliphatic hydroxyl groups excluding tert-OH is 2. The Morgan fingerprint density at radius 1 is 0.760 bits per heavy atom. The monoisotopic (exact) mass is 357 g/mol. The van der Waals surface area contributed by atoms with E-state index in [0.29, 0.717) is 6.42 Å². The molecule has 1 atom stereocenters. The van der Waals surface area contributed by atoms with Crippen LogP contribution in [0, 0.1) is 0 Å². The molecule has 0 unspecified atom stereocenters. The summed E-state index contributed by atoms with van der Waals surface area (Å²) in [5.41, 5.74) is 0. The van der Waals surface area contributed by atoms with Gasteiger partial charge in [-0.1, -0.05) is 96.8 Å². The molecule has 0 rings (SSSR count). The lowest BCUT2D eigenvalue weighted by atomic mass is 10.0. The van der Waals surface area contributed by atoms with Crippen molar-refractivity contribution in [2.45, 2.75) is 116 Å². The molecule has 0 spiro atoms. The van der Waals surface area contributed by atoms with Crippen LogP contribution in [0.25, 0.3) is 0 Å². The zero-order valence-electron chi connectivity index (χ0n) is 16.6. The number of carbonyl (C=O) groups is 1. The molecule has 0 aliphatic rings. The van der Waals surface area contributed by atoms with Gasteiger partial charge in [-0.25, -0.2) is 0 Å². The zero-order chi connectivity index (χ0) is 18.6. The summed E-state index contributed by atoms with van der Waals surface area (Å²) >= 11 is 0. The van der Waals surface area contributed by atoms with E-state index in [1.54, 1.807) is 0 Å². The third kappa shape index (κ3) is 19.6. The molecule has 0 fully saturated rings. The normalized spacial score (nSPS) is 12.3. The van der Waals surface area contributed by atoms with E-state index >= 15 is 0 Å². The zero-order valence-corrected chi connectivity index (χ0v) is 16.6. The van der Waals surface area contributed by atoms with Crippen LogP contribution in [0.4, 0.5) is 0 Å². The van der Waals surface area contributed by atoms with Crippen LogP contribution in [0.3, 0.4) is 0 Å². The second-order valence-electron chi connectivity index (χ2n) is 7.34. The fraction of sp³-hybridized carbons (Fsp3) is 0.952. The van der Waals surface area contributed by atoms with Crippen LogP contribution in [0.2, 0.25) is 0 Å². The van der Waals surface area contributed by atoms with Crippen molar-refractivity contribution < 1.29 is 15.0 Å². The van der Waals surface area contributed by atoms with Crippen LogP contribution in [0.1, 0.15) is 110 Å². The average Bonchev–Trinajstić information content (AvgIpc) is 2.62. The number of carbonyl (C=O) groups excluding carboxylic acids is 1. The number of rotatable bonds is 19. The second kappa shape index (κ2) is 19.7. The van der Waals surface area contributed by atoms with Crippen molar-refractivity contribution in [1.29, 1.82) is 0 Å². The summed E-state index contributed by atoms with van der Waals surface area (Å²) in [4.78, 5) is 11.5. The van der Waals surface area contributed by atoms with Crippen LogP contribution < -0.4 is 5.32 Å². The van der Waals surface area contributed by atoms with Crippen LogP contribution >= 0.6 is 0 Å². The molecule has 4 heteroatoms. The highest BCUT2D eigenvalue weighted by Gasteiger charge is 2.05. The third-order valence-corrected chi connectivity index (χ3v) is 4.75. The van der Waals surface area contributed by atoms with Crippen molar-refractivity contribution >= 4 is 5.91 Å². The number of hydrogen-bond acceptors (Lipinski definition) is 3. The Morgan fingerprint density at radius 2 is 1.16 bits per heavy atom. The molecule has 0 saturated heterocycles. The summed E-state index contributed by atoms with van der Waals surface area (Å²) in [6.45, 7) is 2.11. The molecule has 0 radical (unpaired) electrons. The van der Waals surface area contributed by atoms with Crippen molar-refractivity contribution in [2.24, 2.45) is 0 Å². The van der Waals surface area contributed by atoms with Crippen molar-refractivity contribution in [1.82, 2.24) is 5.32 Å². The quantitative estimate of drug-likeness (QED) is 0.293. The number of aliphatic hydroxyl groups is 2. The van der Waals surface area contributed by atoms with Gasteiger partial charge >= 0.3 is 0 Å². The summed E-state index contributed by atoms with van der Waals surface area (Å²) in [7, 11) is 0. The van der Waals surface area contributed by atoms with E-state index in [2.05, 4.69) is 12.2 Å². The van der Waals surface area contributed by atoms with Gasteiger partial charge in [-0.05, 0) is 6.42 Å². The number of nitrogens with one attached hydrogen (secondary N) is 1. The van der Waals surface area contributed by atoms with Gasteiger partial charge in [0, 0.05) is 13.0 Å². The molecule has 0 aromatic heterocycles. The van der Waals surface area contributed by atoms with E-state index in [9.17, 15) is 4.79 Å². The van der Waals surface area contributed by atoms with Gasteiger partial charge in [0.05, 0.1) is 12.7 Å². The lowest BCUT2D eigenvalue weighted by Gasteiger charge is -2.08. The molecule has 0 bridgehead atoms. The third-order valence-electron chi connectivity index (χ3n) is 4.75. The van der Waals surface area contributed by atoms with Gasteiger partial charge in [0.1, 0.15) is 0 Å². The van der Waals surface area contributed by atoms with Gasteiger partial charge in [0.25, 0.3) is 0 Å². The molecular weight excluding hydrogens is 314 g/mol. The maximum absolute atomic E-state index is 11.5. The molecule has 25 heavy (non-hydrogen) atoms. The van der Waals surface area contributed by atoms with Gasteiger partial charge in [0.15, 0.2) is 0 Å². The van der Waals surface area contributed by atoms with Crippen LogP contribution in [0.15, 0.2) is 0 Å². The van der Waals surface area contributed by atoms with E-state index in [1.807, 2.05) is 0 Å². The summed E-state index contributed by atoms with van der Waals surface area (Å²) in [6, 6.07) is 0. The van der Waals surface area contributed by atoms with Gasteiger partial charge in [-0.15, -0.1) is 0 Å². The van der Waals surface area contributed by atoms with Gasteiger partial charge < -0.3 is 15.5 Å². The summed E-state index contributed by atoms with van der Waals surface area (Å²) in [6.07, 6.45) is 19.5. The Hall–Kier alpha value is -0.610. The average molecular weight is 358 g/mol. The van der Waals surface area contributed by atoms with Crippen molar-refractivity contribution in [3.63, 3.8) is 0 Å². The molecule has 0 aliphatic heterocycles. The summed E-state index contributed by atoms with van der Waals surface area (Å²) in [5, 5.41) is 20.4. The highest BCUT2D eigenvalue weighted by atomic mass is 16.3. The van der Waals surface area contributed by atoms with E-state index in [0.717, 1.165) is 12.8 Å². The second-order valence-corrected chi connectivity index (χ2v) is 7.34. The fourth-order valence-electron chi connectivity index (χ4n) is 3.04. The minimum absolute atomic E-state index is 0.0257. The maximum atomic E-state index is 11.5. The fourth-order valence-corrected chi connectivity index (χ4v) is 3.04. The Bertz CT molecular complexity index is 284. The molecule has 3 N–H and O–H groups in total. The molecule has 0 saturated carbocycles. The summed E-state index contributed by atoms with van der Waals surface area (Å²) in [5.74, 6) is -0.0257. The highest BCUT2D eigenvalue weighted by molar-refractivity contribution is 5.75. The van der Waals surface area contributed by atoms with E-state index in [1.165, 1.54) is 83.5 Å². The Kier molecular flexibility index (Phi) is 19.2. The van der Waals surface area contributed by atoms with Gasteiger partial charge in [-0.2, -0.15) is 0 Å². The molecule has 1 amide bonds. The van der Waals surface area contributed by atoms with Gasteiger partial charge in [0.2, 0.25) is 5.91 Å². The predicted molar refractivity (Wildman–Crippen MR) is 106 cm³/mol. The first kappa shape index (κ1) is 24.4. The predicted octanol–water partition coefficient (Wildman–Crippen LogP) is 4.72. The molecule has 150 valence electrons. The van der Waals surface area contributed by atoms with Crippen LogP contribution in [-0.4, -0.2) is 35.4 Å². The maximum Gasteiger partial charge on any atom is 0.220 e. The van der Waals surface area contributed by atoms with Crippen molar-refractivity contribution in [3.05, 3.63) is 0 Å². The largest absolute Gasteiger partial charge is 0.394 e. The Labute approximate surface area is 155 Å². The topological polar surface area (TPSA) is 69.6 Å². The molecule has 4 nitrogen and oxygen atoms in total. The van der Waals surface area contributed by atoms with Crippen molar-refractivity contribution in [2.75, 3.05) is 13.2 Å². The highest BCUT2D eigenvalue weighted by Crippen LogP contribution is 2.13. The number of hydrogen-bond donors (Lipinski definition) is 3. The minimum atomic E-state index is -0.843. The molecule has 0 aromatic rings. The minimum Gasteiger partial charge on any atom is -0.394 e. The first-order valence-electron chi connectivity index (χ1n) is 10.8. The lowest BCUT2D eigenvalue weighted by Crippen LogP contribution is -2.33. The Balaban J connectivity index is 3.12. The molecule has 0 heterocycles. The van der Waals surface area contributed by atoms with E-state index < -0.39 is 6.10 Å². The first-order chi connectivity index (χ1) is 12.2. The van der Waals surface area contributed by atoms with E-state index in [-0.39, 0.29) is 19.1 Å². The molecule has 0 aromatic carbocycles. The SMILES string of the molecule is CCCCCCCCCCCCCCCCCC(=O)NC[C@@H](O)CO.